The van der Waals surface area contributed by atoms with Gasteiger partial charge >= 0.3 is 6.09 Å². The molecule has 0 aliphatic carbocycles. The van der Waals surface area contributed by atoms with Crippen molar-refractivity contribution < 1.29 is 9.53 Å². The molecule has 1 aliphatic rings. The maximum Gasteiger partial charge on any atom is 0.410 e. The summed E-state index contributed by atoms with van der Waals surface area (Å²) in [5, 5.41) is 1.04. The number of amides is 1. The number of thiazole rings is 1. The second-order valence-electron chi connectivity index (χ2n) is 7.38. The number of hydrogen-bond donors (Lipinski definition) is 0. The molecule has 0 bridgehead atoms. The van der Waals surface area contributed by atoms with Gasteiger partial charge in [-0.1, -0.05) is 17.4 Å². The van der Waals surface area contributed by atoms with Crippen LogP contribution in [0.25, 0.3) is 10.2 Å². The first kappa shape index (κ1) is 17.0. The number of piperazine rings is 1. The molecule has 130 valence electrons. The van der Waals surface area contributed by atoms with Crippen molar-refractivity contribution in [3.63, 3.8) is 0 Å². The largest absolute Gasteiger partial charge is 0.444 e. The average molecular weight is 347 g/mol. The Morgan fingerprint density at radius 2 is 1.83 bits per heavy atom. The zero-order valence-corrected chi connectivity index (χ0v) is 15.9. The van der Waals surface area contributed by atoms with Crippen LogP contribution in [-0.4, -0.2) is 47.8 Å². The van der Waals surface area contributed by atoms with Crippen LogP contribution in [0.1, 0.15) is 31.9 Å². The Morgan fingerprint density at radius 1 is 1.17 bits per heavy atom. The summed E-state index contributed by atoms with van der Waals surface area (Å²) in [7, 11) is 0. The minimum Gasteiger partial charge on any atom is -0.444 e. The smallest absolute Gasteiger partial charge is 0.410 e. The molecule has 1 aromatic heterocycles. The molecule has 2 heterocycles. The standard InChI is InChI=1S/C18H25N3O2S/c1-12-10-13(2)15-14(11-12)24-16(19-15)20-6-8-21(9-7-20)17(22)23-18(3,4)5/h10-11H,6-9H2,1-5H3. The highest BCUT2D eigenvalue weighted by molar-refractivity contribution is 7.22. The van der Waals surface area contributed by atoms with E-state index in [9.17, 15) is 4.79 Å². The van der Waals surface area contributed by atoms with Gasteiger partial charge in [0.05, 0.1) is 10.2 Å². The summed E-state index contributed by atoms with van der Waals surface area (Å²) < 4.78 is 6.68. The minimum absolute atomic E-state index is 0.224. The van der Waals surface area contributed by atoms with E-state index < -0.39 is 5.60 Å². The molecule has 0 atom stereocenters. The van der Waals surface area contributed by atoms with Gasteiger partial charge in [-0.25, -0.2) is 9.78 Å². The van der Waals surface area contributed by atoms with E-state index in [1.807, 2.05) is 20.8 Å². The molecule has 6 heteroatoms. The van der Waals surface area contributed by atoms with Crippen molar-refractivity contribution in [3.8, 4) is 0 Å². The maximum atomic E-state index is 12.2. The summed E-state index contributed by atoms with van der Waals surface area (Å²) in [6, 6.07) is 4.37. The zero-order chi connectivity index (χ0) is 17.5. The Labute approximate surface area is 147 Å². The molecule has 0 radical (unpaired) electrons. The summed E-state index contributed by atoms with van der Waals surface area (Å²) in [6.07, 6.45) is -0.224. The van der Waals surface area contributed by atoms with Crippen LogP contribution >= 0.6 is 11.3 Å². The van der Waals surface area contributed by atoms with Crippen molar-refractivity contribution in [2.24, 2.45) is 0 Å². The number of nitrogens with zero attached hydrogens (tertiary/aromatic N) is 3. The van der Waals surface area contributed by atoms with Crippen molar-refractivity contribution in [2.75, 3.05) is 31.1 Å². The number of benzene rings is 1. The summed E-state index contributed by atoms with van der Waals surface area (Å²) >= 11 is 1.73. The Hall–Kier alpha value is -1.82. The van der Waals surface area contributed by atoms with Gasteiger partial charge in [0.25, 0.3) is 0 Å². The number of aryl methyl sites for hydroxylation is 2. The van der Waals surface area contributed by atoms with Gasteiger partial charge < -0.3 is 14.5 Å². The highest BCUT2D eigenvalue weighted by atomic mass is 32.1. The van der Waals surface area contributed by atoms with E-state index in [1.165, 1.54) is 15.8 Å². The number of carbonyl (C=O) groups excluding carboxylic acids is 1. The third kappa shape index (κ3) is 3.64. The fourth-order valence-corrected chi connectivity index (χ4v) is 4.09. The number of ether oxygens (including phenoxy) is 1. The lowest BCUT2D eigenvalue weighted by Crippen LogP contribution is -2.50. The molecule has 5 nitrogen and oxygen atoms in total. The van der Waals surface area contributed by atoms with Crippen molar-refractivity contribution in [1.29, 1.82) is 0 Å². The molecule has 1 aliphatic heterocycles. The molecular formula is C18H25N3O2S. The van der Waals surface area contributed by atoms with Gasteiger partial charge in [-0.2, -0.15) is 0 Å². The molecule has 0 N–H and O–H groups in total. The van der Waals surface area contributed by atoms with Crippen LogP contribution in [0.15, 0.2) is 12.1 Å². The quantitative estimate of drug-likeness (QED) is 0.783. The van der Waals surface area contributed by atoms with Crippen LogP contribution in [0.4, 0.5) is 9.93 Å². The number of carbonyl (C=O) groups is 1. The predicted octanol–water partition coefficient (Wildman–Crippen LogP) is 3.97. The summed E-state index contributed by atoms with van der Waals surface area (Å²) in [4.78, 5) is 21.0. The lowest BCUT2D eigenvalue weighted by atomic mass is 10.1. The molecule has 1 fully saturated rings. The average Bonchev–Trinajstić information content (AvgIpc) is 2.90. The van der Waals surface area contributed by atoms with Crippen molar-refractivity contribution >= 4 is 32.8 Å². The molecule has 0 spiro atoms. The van der Waals surface area contributed by atoms with E-state index in [0.29, 0.717) is 13.1 Å². The van der Waals surface area contributed by atoms with Crippen molar-refractivity contribution in [1.82, 2.24) is 9.88 Å². The van der Waals surface area contributed by atoms with Crippen LogP contribution in [-0.2, 0) is 4.74 Å². The molecule has 1 saturated heterocycles. The Balaban J connectivity index is 1.69. The lowest BCUT2D eigenvalue weighted by Gasteiger charge is -2.35. The van der Waals surface area contributed by atoms with E-state index in [0.717, 1.165) is 23.7 Å². The van der Waals surface area contributed by atoms with E-state index >= 15 is 0 Å². The molecule has 0 unspecified atom stereocenters. The van der Waals surface area contributed by atoms with E-state index in [2.05, 4.69) is 30.9 Å². The third-order valence-corrected chi connectivity index (χ3v) is 5.08. The molecule has 3 rings (SSSR count). The Bertz CT molecular complexity index is 755. The first-order valence-corrected chi connectivity index (χ1v) is 9.15. The minimum atomic E-state index is -0.448. The van der Waals surface area contributed by atoms with Crippen molar-refractivity contribution in [2.45, 2.75) is 40.2 Å². The second kappa shape index (κ2) is 6.24. The van der Waals surface area contributed by atoms with E-state index in [1.54, 1.807) is 16.2 Å². The van der Waals surface area contributed by atoms with E-state index in [4.69, 9.17) is 9.72 Å². The monoisotopic (exact) mass is 347 g/mol. The Morgan fingerprint density at radius 3 is 2.46 bits per heavy atom. The predicted molar refractivity (Wildman–Crippen MR) is 99.1 cm³/mol. The van der Waals surface area contributed by atoms with Crippen molar-refractivity contribution in [3.05, 3.63) is 23.3 Å². The van der Waals surface area contributed by atoms with Crippen LogP contribution in [0.2, 0.25) is 0 Å². The molecule has 24 heavy (non-hydrogen) atoms. The lowest BCUT2D eigenvalue weighted by molar-refractivity contribution is 0.0240. The second-order valence-corrected chi connectivity index (χ2v) is 8.39. The highest BCUT2D eigenvalue weighted by Crippen LogP contribution is 2.32. The third-order valence-electron chi connectivity index (χ3n) is 4.02. The van der Waals surface area contributed by atoms with Gasteiger partial charge in [0.15, 0.2) is 5.13 Å². The van der Waals surface area contributed by atoms with Gasteiger partial charge in [-0.3, -0.25) is 0 Å². The van der Waals surface area contributed by atoms with E-state index in [-0.39, 0.29) is 6.09 Å². The van der Waals surface area contributed by atoms with Crippen LogP contribution in [0.3, 0.4) is 0 Å². The zero-order valence-electron chi connectivity index (χ0n) is 15.0. The van der Waals surface area contributed by atoms with Crippen LogP contribution in [0.5, 0.6) is 0 Å². The molecular weight excluding hydrogens is 322 g/mol. The van der Waals surface area contributed by atoms with Crippen LogP contribution < -0.4 is 4.90 Å². The van der Waals surface area contributed by atoms with Gasteiger partial charge in [0.1, 0.15) is 5.60 Å². The maximum absolute atomic E-state index is 12.2. The molecule has 1 amide bonds. The fourth-order valence-electron chi connectivity index (χ4n) is 2.90. The number of aromatic nitrogens is 1. The number of rotatable bonds is 1. The van der Waals surface area contributed by atoms with Gasteiger partial charge in [0, 0.05) is 26.2 Å². The molecule has 1 aromatic carbocycles. The normalized spacial score (nSPS) is 15.9. The number of fused-ring (bicyclic) bond motifs is 1. The van der Waals surface area contributed by atoms with Gasteiger partial charge in [-0.05, 0) is 51.8 Å². The number of anilines is 1. The summed E-state index contributed by atoms with van der Waals surface area (Å²) in [5.74, 6) is 0. The van der Waals surface area contributed by atoms with Gasteiger partial charge in [0.2, 0.25) is 0 Å². The number of hydrogen-bond acceptors (Lipinski definition) is 5. The molecule has 2 aromatic rings. The van der Waals surface area contributed by atoms with Crippen LogP contribution in [0, 0.1) is 13.8 Å². The highest BCUT2D eigenvalue weighted by Gasteiger charge is 2.27. The first-order chi connectivity index (χ1) is 11.2. The first-order valence-electron chi connectivity index (χ1n) is 8.33. The van der Waals surface area contributed by atoms with Gasteiger partial charge in [-0.15, -0.1) is 0 Å². The molecule has 0 saturated carbocycles. The SMILES string of the molecule is Cc1cc(C)c2nc(N3CCN(C(=O)OC(C)(C)C)CC3)sc2c1. The topological polar surface area (TPSA) is 45.7 Å². The summed E-state index contributed by atoms with van der Waals surface area (Å²) in [5.41, 5.74) is 3.14. The Kier molecular flexibility index (Phi) is 4.42. The fraction of sp³-hybridized carbons (Fsp3) is 0.556. The summed E-state index contributed by atoms with van der Waals surface area (Å²) in [6.45, 7) is 12.8.